The van der Waals surface area contributed by atoms with Gasteiger partial charge in [-0.25, -0.2) is 23.4 Å². The monoisotopic (exact) mass is 635 g/mol. The van der Waals surface area contributed by atoms with Crippen LogP contribution in [-0.4, -0.2) is 93.1 Å². The van der Waals surface area contributed by atoms with Crippen molar-refractivity contribution in [2.75, 3.05) is 62.4 Å². The van der Waals surface area contributed by atoms with Gasteiger partial charge in [-0.2, -0.15) is 0 Å². The Labute approximate surface area is 261 Å². The van der Waals surface area contributed by atoms with Crippen molar-refractivity contribution >= 4 is 43.2 Å². The lowest BCUT2D eigenvalue weighted by atomic mass is 10.1. The topological polar surface area (TPSA) is 122 Å². The first-order valence-corrected chi connectivity index (χ1v) is 18.2. The maximum Gasteiger partial charge on any atom is 0.238 e. The maximum atomic E-state index is 12.0. The summed E-state index contributed by atoms with van der Waals surface area (Å²) in [5, 5.41) is 5.75. The minimum Gasteiger partial charge on any atom is -0.480 e. The summed E-state index contributed by atoms with van der Waals surface area (Å²) in [5.74, 6) is 0.853. The number of sulfonamides is 1. The van der Waals surface area contributed by atoms with Gasteiger partial charge in [-0.15, -0.1) is 11.3 Å². The molecule has 2 bridgehead atoms. The second-order valence-corrected chi connectivity index (χ2v) is 12.8. The molecule has 13 heteroatoms. The van der Waals surface area contributed by atoms with E-state index in [2.05, 4.69) is 44.1 Å². The highest BCUT2D eigenvalue weighted by atomic mass is 32.2. The molecule has 6 heterocycles. The van der Waals surface area contributed by atoms with E-state index in [-0.39, 0.29) is 11.6 Å². The zero-order valence-electron chi connectivity index (χ0n) is 26.9. The van der Waals surface area contributed by atoms with Crippen LogP contribution >= 0.6 is 11.3 Å². The van der Waals surface area contributed by atoms with E-state index in [1.54, 1.807) is 23.6 Å². The van der Waals surface area contributed by atoms with Gasteiger partial charge in [-0.3, -0.25) is 9.62 Å². The lowest BCUT2D eigenvalue weighted by molar-refractivity contribution is 0.122. The number of fused-ring (bicyclic) bond motifs is 3. The molecule has 3 fully saturated rings. The summed E-state index contributed by atoms with van der Waals surface area (Å²) in [7, 11) is -2.06. The van der Waals surface area contributed by atoms with Crippen LogP contribution in [0.2, 0.25) is 0 Å². The molecule has 3 aromatic heterocycles. The number of morpholine rings is 1. The van der Waals surface area contributed by atoms with E-state index < -0.39 is 10.0 Å². The number of piperazine rings is 1. The third-order valence-electron chi connectivity index (χ3n) is 6.93. The highest BCUT2D eigenvalue weighted by Crippen LogP contribution is 2.38. The normalized spacial score (nSPS) is 19.5. The number of nitrogens with one attached hydrogen (secondary N) is 2. The number of aromatic nitrogens is 3. The van der Waals surface area contributed by atoms with Gasteiger partial charge in [-0.1, -0.05) is 48.0 Å². The number of pyridine rings is 1. The van der Waals surface area contributed by atoms with E-state index in [1.165, 1.54) is 25.5 Å². The van der Waals surface area contributed by atoms with Gasteiger partial charge in [0, 0.05) is 62.1 Å². The van der Waals surface area contributed by atoms with Crippen molar-refractivity contribution in [2.24, 2.45) is 0 Å². The van der Waals surface area contributed by atoms with E-state index in [0.29, 0.717) is 49.9 Å². The molecule has 3 saturated heterocycles. The first-order valence-electron chi connectivity index (χ1n) is 15.4. The molecule has 2 atom stereocenters. The number of methoxy groups -OCH3 is 1. The zero-order chi connectivity index (χ0) is 31.6. The molecular formula is C30H49N7O4S2. The molecule has 240 valence electrons. The number of anilines is 2. The summed E-state index contributed by atoms with van der Waals surface area (Å²) in [6.45, 7) is 17.9. The Hall–Kier alpha value is -2.58. The molecule has 0 aromatic carbocycles. The number of nitrogens with zero attached hydrogens (tertiary/aromatic N) is 5. The van der Waals surface area contributed by atoms with Crippen LogP contribution in [0.1, 0.15) is 59.9 Å². The first-order chi connectivity index (χ1) is 20.8. The quantitative estimate of drug-likeness (QED) is 0.367. The van der Waals surface area contributed by atoms with Crippen LogP contribution in [0.3, 0.4) is 0 Å². The van der Waals surface area contributed by atoms with Crippen molar-refractivity contribution in [3.05, 3.63) is 23.2 Å². The van der Waals surface area contributed by atoms with Crippen LogP contribution in [-0.2, 0) is 21.3 Å². The van der Waals surface area contributed by atoms with Crippen molar-refractivity contribution in [3.8, 4) is 17.1 Å². The third-order valence-corrected chi connectivity index (χ3v) is 8.54. The van der Waals surface area contributed by atoms with Crippen LogP contribution < -0.4 is 19.7 Å². The first kappa shape index (κ1) is 34.9. The Kier molecular flexibility index (Phi) is 13.4. The summed E-state index contributed by atoms with van der Waals surface area (Å²) in [6.07, 6.45) is 5.22. The number of ether oxygens (including phenoxy) is 2. The van der Waals surface area contributed by atoms with E-state index in [4.69, 9.17) is 19.4 Å². The van der Waals surface area contributed by atoms with Crippen molar-refractivity contribution in [1.82, 2.24) is 25.2 Å². The molecule has 3 aliphatic heterocycles. The Morgan fingerprint density at radius 3 is 2.44 bits per heavy atom. The van der Waals surface area contributed by atoms with Crippen molar-refractivity contribution in [1.29, 1.82) is 0 Å². The lowest BCUT2D eigenvalue weighted by Crippen LogP contribution is -2.42. The molecule has 11 nitrogen and oxygen atoms in total. The highest BCUT2D eigenvalue weighted by molar-refractivity contribution is 7.92. The number of rotatable bonds is 7. The van der Waals surface area contributed by atoms with E-state index in [0.717, 1.165) is 41.8 Å². The van der Waals surface area contributed by atoms with Crippen LogP contribution in [0.5, 0.6) is 5.88 Å². The van der Waals surface area contributed by atoms with Gasteiger partial charge >= 0.3 is 0 Å². The number of hydrogen-bond acceptors (Lipinski definition) is 11. The van der Waals surface area contributed by atoms with E-state index in [9.17, 15) is 8.42 Å². The molecular weight excluding hydrogens is 587 g/mol. The zero-order valence-corrected chi connectivity index (χ0v) is 28.6. The molecule has 43 heavy (non-hydrogen) atoms. The molecule has 0 radical (unpaired) electrons. The highest BCUT2D eigenvalue weighted by Gasteiger charge is 2.37. The third kappa shape index (κ3) is 8.75. The Morgan fingerprint density at radius 1 is 1.16 bits per heavy atom. The molecule has 6 rings (SSSR count). The van der Waals surface area contributed by atoms with Gasteiger partial charge in [0.1, 0.15) is 5.69 Å². The van der Waals surface area contributed by atoms with Crippen LogP contribution in [0, 0.1) is 0 Å². The molecule has 0 spiro atoms. The molecule has 2 unspecified atom stereocenters. The average molecular weight is 636 g/mol. The second-order valence-electron chi connectivity index (χ2n) is 10.2. The van der Waals surface area contributed by atoms with Crippen LogP contribution in [0.25, 0.3) is 21.5 Å². The minimum absolute atomic E-state index is 0.201. The van der Waals surface area contributed by atoms with E-state index >= 15 is 0 Å². The van der Waals surface area contributed by atoms with Gasteiger partial charge < -0.3 is 19.7 Å². The fourth-order valence-corrected chi connectivity index (χ4v) is 6.80. The molecule has 3 aliphatic rings. The van der Waals surface area contributed by atoms with Crippen LogP contribution in [0.15, 0.2) is 17.6 Å². The van der Waals surface area contributed by atoms with Crippen LogP contribution in [0.4, 0.5) is 11.6 Å². The molecule has 0 saturated carbocycles. The van der Waals surface area contributed by atoms with Crippen molar-refractivity contribution in [2.45, 2.75) is 73.0 Å². The molecule has 2 N–H and O–H groups in total. The number of thiophene rings is 1. The van der Waals surface area contributed by atoms with Gasteiger partial charge in [0.15, 0.2) is 0 Å². The largest absolute Gasteiger partial charge is 0.480 e. The van der Waals surface area contributed by atoms with Gasteiger partial charge in [0.25, 0.3) is 0 Å². The molecule has 0 amide bonds. The predicted molar refractivity (Wildman–Crippen MR) is 178 cm³/mol. The van der Waals surface area contributed by atoms with Gasteiger partial charge in [-0.05, 0) is 17.9 Å². The van der Waals surface area contributed by atoms with Crippen molar-refractivity contribution in [3.63, 3.8) is 0 Å². The van der Waals surface area contributed by atoms with E-state index in [1.807, 2.05) is 27.7 Å². The SMILES string of the molecule is CC.CC.CCC.COc1ncc(-c2nc(N3CCOCC3)nc3c(CN4CC5CC4CN5)csc23)cc1NS(C)(=O)=O. The summed E-state index contributed by atoms with van der Waals surface area (Å²) in [5.41, 5.74) is 3.83. The fraction of sp³-hybridized carbons (Fsp3) is 0.633. The number of hydrogen-bond donors (Lipinski definition) is 2. The van der Waals surface area contributed by atoms with Gasteiger partial charge in [0.05, 0.1) is 42.5 Å². The summed E-state index contributed by atoms with van der Waals surface area (Å²) in [6, 6.07) is 2.88. The number of likely N-dealkylation sites (tertiary alicyclic amines) is 1. The molecule has 0 aliphatic carbocycles. The standard InChI is InChI=1S/C23H29N7O4S2.C3H8.2C2H6/c1-33-22-18(28-36(2,31)32)7-14(9-25-22)19-21-20(27-23(26-19)29-3-5-34-6-4-29)15(13-35-21)11-30-12-16-8-17(30)10-24-16;1-3-2;2*1-2/h7,9,13,16-17,24,28H,3-6,8,10-12H2,1-2H3;3H2,1-2H3;2*1-2H3. The van der Waals surface area contributed by atoms with Gasteiger partial charge in [0.2, 0.25) is 21.9 Å². The van der Waals surface area contributed by atoms with Crippen molar-refractivity contribution < 1.29 is 17.9 Å². The molecule has 3 aromatic rings. The maximum absolute atomic E-state index is 12.0. The second kappa shape index (κ2) is 16.5. The average Bonchev–Trinajstić information content (AvgIpc) is 3.76. The summed E-state index contributed by atoms with van der Waals surface area (Å²) in [4.78, 5) is 19.0. The fourth-order valence-electron chi connectivity index (χ4n) is 5.24. The lowest BCUT2D eigenvalue weighted by Gasteiger charge is -2.28. The summed E-state index contributed by atoms with van der Waals surface area (Å²) < 4.78 is 38.2. The minimum atomic E-state index is -3.52. The Bertz CT molecular complexity index is 1410. The predicted octanol–water partition coefficient (Wildman–Crippen LogP) is 4.98. The smallest absolute Gasteiger partial charge is 0.238 e. The summed E-state index contributed by atoms with van der Waals surface area (Å²) >= 11 is 1.61. The Balaban J connectivity index is 0.000000670. The Morgan fingerprint density at radius 2 is 1.86 bits per heavy atom.